The van der Waals surface area contributed by atoms with Crippen molar-refractivity contribution in [1.82, 2.24) is 19.9 Å². The smallest absolute Gasteiger partial charge is 0.372 e. The number of nitrogens with one attached hydrogen (secondary N) is 1. The largest absolute Gasteiger partial charge is 0.419 e. The number of thiazole rings is 1. The number of aryl methyl sites for hydroxylation is 1. The van der Waals surface area contributed by atoms with Gasteiger partial charge in [0.05, 0.1) is 15.4 Å². The van der Waals surface area contributed by atoms with Crippen molar-refractivity contribution >= 4 is 17.3 Å². The third-order valence-corrected chi connectivity index (χ3v) is 6.99. The summed E-state index contributed by atoms with van der Waals surface area (Å²) in [6.07, 6.45) is -1.38. The molecule has 0 amide bonds. The summed E-state index contributed by atoms with van der Waals surface area (Å²) in [5.41, 5.74) is 0.380. The van der Waals surface area contributed by atoms with E-state index in [0.29, 0.717) is 12.2 Å². The van der Waals surface area contributed by atoms with Gasteiger partial charge in [0, 0.05) is 31.0 Å². The second-order valence-electron chi connectivity index (χ2n) is 8.38. The van der Waals surface area contributed by atoms with Gasteiger partial charge in [0.25, 0.3) is 0 Å². The molecular formula is C23H25F4N5OS. The lowest BCUT2D eigenvalue weighted by molar-refractivity contribution is -0.138. The number of hydrogen-bond acceptors (Lipinski definition) is 7. The lowest BCUT2D eigenvalue weighted by Crippen LogP contribution is -2.50. The number of alkyl halides is 3. The molecule has 4 rings (SSSR count). The number of aromatic nitrogens is 3. The summed E-state index contributed by atoms with van der Waals surface area (Å²) in [6.45, 7) is 4.23. The van der Waals surface area contributed by atoms with E-state index in [1.807, 2.05) is 18.7 Å². The van der Waals surface area contributed by atoms with Gasteiger partial charge in [-0.15, -0.1) is 11.3 Å². The first-order valence-corrected chi connectivity index (χ1v) is 11.8. The van der Waals surface area contributed by atoms with Gasteiger partial charge in [-0.25, -0.2) is 19.3 Å². The van der Waals surface area contributed by atoms with Crippen LogP contribution in [0.3, 0.4) is 0 Å². The van der Waals surface area contributed by atoms with Crippen LogP contribution >= 0.6 is 11.3 Å². The molecule has 3 unspecified atom stereocenters. The predicted octanol–water partition coefficient (Wildman–Crippen LogP) is 5.41. The molecule has 3 aromatic rings. The normalized spacial score (nSPS) is 20.3. The van der Waals surface area contributed by atoms with Crippen LogP contribution in [0.5, 0.6) is 0 Å². The van der Waals surface area contributed by atoms with Crippen LogP contribution in [0.4, 0.5) is 23.5 Å². The van der Waals surface area contributed by atoms with Gasteiger partial charge >= 0.3 is 6.18 Å². The maximum absolute atomic E-state index is 13.4. The summed E-state index contributed by atoms with van der Waals surface area (Å²) >= 11 is 1.43. The first kappa shape index (κ1) is 24.5. The summed E-state index contributed by atoms with van der Waals surface area (Å²) in [7, 11) is 0. The Hall–Kier alpha value is -2.63. The highest BCUT2D eigenvalue weighted by Gasteiger charge is 2.36. The van der Waals surface area contributed by atoms with Gasteiger partial charge in [-0.1, -0.05) is 18.6 Å². The number of hydrogen-bond donors (Lipinski definition) is 2. The van der Waals surface area contributed by atoms with Crippen LogP contribution in [0.15, 0.2) is 36.7 Å². The van der Waals surface area contributed by atoms with Gasteiger partial charge < -0.3 is 10.4 Å². The molecule has 2 N–H and O–H groups in total. The van der Waals surface area contributed by atoms with E-state index in [9.17, 15) is 22.7 Å². The van der Waals surface area contributed by atoms with Gasteiger partial charge in [0.15, 0.2) is 6.23 Å². The van der Waals surface area contributed by atoms with E-state index >= 15 is 0 Å². The molecule has 0 saturated carbocycles. The van der Waals surface area contributed by atoms with Crippen LogP contribution in [0.1, 0.15) is 48.7 Å². The predicted molar refractivity (Wildman–Crippen MR) is 122 cm³/mol. The summed E-state index contributed by atoms with van der Waals surface area (Å²) in [5.74, 6) is -0.245. The van der Waals surface area contributed by atoms with Crippen LogP contribution in [0, 0.1) is 12.7 Å². The van der Waals surface area contributed by atoms with Crippen molar-refractivity contribution in [2.75, 3.05) is 11.9 Å². The Morgan fingerprint density at radius 1 is 1.18 bits per heavy atom. The van der Waals surface area contributed by atoms with Crippen molar-refractivity contribution in [3.05, 3.63) is 58.7 Å². The Bertz CT molecular complexity index is 1100. The van der Waals surface area contributed by atoms with E-state index in [4.69, 9.17) is 0 Å². The molecule has 1 aliphatic rings. The molecule has 11 heteroatoms. The van der Waals surface area contributed by atoms with Crippen LogP contribution in [-0.2, 0) is 6.18 Å². The van der Waals surface area contributed by atoms with Crippen molar-refractivity contribution in [3.63, 3.8) is 0 Å². The average molecular weight is 496 g/mol. The Labute approximate surface area is 198 Å². The summed E-state index contributed by atoms with van der Waals surface area (Å²) in [4.78, 5) is 14.9. The monoisotopic (exact) mass is 495 g/mol. The van der Waals surface area contributed by atoms with Gasteiger partial charge in [-0.2, -0.15) is 13.2 Å². The van der Waals surface area contributed by atoms with Gasteiger partial charge in [-0.05, 0) is 44.4 Å². The molecule has 0 spiro atoms. The molecule has 1 saturated heterocycles. The lowest BCUT2D eigenvalue weighted by Gasteiger charge is -2.43. The van der Waals surface area contributed by atoms with Crippen LogP contribution in [0.25, 0.3) is 10.4 Å². The van der Waals surface area contributed by atoms with Crippen molar-refractivity contribution < 1.29 is 22.7 Å². The van der Waals surface area contributed by atoms with Crippen molar-refractivity contribution in [2.24, 2.45) is 0 Å². The first-order valence-electron chi connectivity index (χ1n) is 11.0. The van der Waals surface area contributed by atoms with Crippen LogP contribution in [0.2, 0.25) is 0 Å². The van der Waals surface area contributed by atoms with Gasteiger partial charge in [0.2, 0.25) is 5.95 Å². The van der Waals surface area contributed by atoms with Crippen molar-refractivity contribution in [3.8, 4) is 10.4 Å². The zero-order valence-corrected chi connectivity index (χ0v) is 19.5. The molecule has 3 atom stereocenters. The van der Waals surface area contributed by atoms with E-state index in [0.717, 1.165) is 47.1 Å². The number of rotatable bonds is 6. The van der Waals surface area contributed by atoms with Gasteiger partial charge in [-0.3, -0.25) is 4.90 Å². The second-order valence-corrected chi connectivity index (χ2v) is 9.59. The SMILES string of the molecule is Cc1nc(C(O)N2C(C)CCCC2CNc2ncc(C(F)(F)F)cn2)c(-c2ccc(F)cc2)s1. The minimum absolute atomic E-state index is 0.0483. The Morgan fingerprint density at radius 2 is 1.85 bits per heavy atom. The minimum Gasteiger partial charge on any atom is -0.372 e. The fourth-order valence-electron chi connectivity index (χ4n) is 4.30. The van der Waals surface area contributed by atoms with E-state index in [1.54, 1.807) is 12.1 Å². The quantitative estimate of drug-likeness (QED) is 0.446. The van der Waals surface area contributed by atoms with Crippen molar-refractivity contribution in [2.45, 2.75) is 57.6 Å². The van der Waals surface area contributed by atoms with E-state index in [2.05, 4.69) is 20.3 Å². The number of benzene rings is 1. The lowest BCUT2D eigenvalue weighted by atomic mass is 9.95. The zero-order valence-electron chi connectivity index (χ0n) is 18.7. The maximum Gasteiger partial charge on any atom is 0.419 e. The first-order chi connectivity index (χ1) is 16.1. The fourth-order valence-corrected chi connectivity index (χ4v) is 5.25. The number of nitrogens with zero attached hydrogens (tertiary/aromatic N) is 4. The number of halogens is 4. The average Bonchev–Trinajstić information content (AvgIpc) is 3.19. The molecule has 0 aliphatic carbocycles. The number of piperidine rings is 1. The Balaban J connectivity index is 1.54. The van der Waals surface area contributed by atoms with E-state index < -0.39 is 18.0 Å². The molecule has 1 aromatic carbocycles. The fraction of sp³-hybridized carbons (Fsp3) is 0.435. The third-order valence-electron chi connectivity index (χ3n) is 5.96. The number of anilines is 1. The van der Waals surface area contributed by atoms with Crippen LogP contribution in [-0.4, -0.2) is 43.6 Å². The molecule has 0 bridgehead atoms. The highest BCUT2D eigenvalue weighted by atomic mass is 32.1. The standard InChI is InChI=1S/C23H25F4N5OS/c1-13-4-3-5-18(12-30-22-28-10-16(11-29-22)23(25,26)27)32(13)21(33)19-20(34-14(2)31-19)15-6-8-17(24)9-7-15/h6-11,13,18,21,33H,3-5,12H2,1-2H3,(H,28,29,30). The molecule has 6 nitrogen and oxygen atoms in total. The second kappa shape index (κ2) is 9.93. The Kier molecular flexibility index (Phi) is 7.15. The molecule has 3 heterocycles. The molecule has 34 heavy (non-hydrogen) atoms. The highest BCUT2D eigenvalue weighted by molar-refractivity contribution is 7.15. The maximum atomic E-state index is 13.4. The number of likely N-dealkylation sites (tertiary alicyclic amines) is 1. The highest BCUT2D eigenvalue weighted by Crippen LogP contribution is 2.38. The summed E-state index contributed by atoms with van der Waals surface area (Å²) < 4.78 is 51.7. The van der Waals surface area contributed by atoms with E-state index in [1.165, 1.54) is 23.5 Å². The molecule has 2 aromatic heterocycles. The van der Waals surface area contributed by atoms with E-state index in [-0.39, 0.29) is 23.8 Å². The molecule has 1 aliphatic heterocycles. The zero-order chi connectivity index (χ0) is 24.5. The topological polar surface area (TPSA) is 74.2 Å². The van der Waals surface area contributed by atoms with Crippen LogP contribution < -0.4 is 5.32 Å². The summed E-state index contributed by atoms with van der Waals surface area (Å²) in [5, 5.41) is 15.2. The third kappa shape index (κ3) is 5.37. The summed E-state index contributed by atoms with van der Waals surface area (Å²) in [6, 6.07) is 6.01. The molecule has 0 radical (unpaired) electrons. The minimum atomic E-state index is -4.49. The molecular weight excluding hydrogens is 470 g/mol. The van der Waals surface area contributed by atoms with Gasteiger partial charge in [0.1, 0.15) is 11.5 Å². The molecule has 1 fully saturated rings. The van der Waals surface area contributed by atoms with Crippen molar-refractivity contribution in [1.29, 1.82) is 0 Å². The number of aliphatic hydroxyl groups excluding tert-OH is 1. The Morgan fingerprint density at radius 3 is 2.50 bits per heavy atom. The molecule has 182 valence electrons. The number of aliphatic hydroxyl groups is 1.